The van der Waals surface area contributed by atoms with Crippen LogP contribution in [0.3, 0.4) is 0 Å². The number of amides is 3. The van der Waals surface area contributed by atoms with E-state index in [1.165, 1.54) is 6.07 Å². The minimum atomic E-state index is -0.521. The molecule has 1 aromatic heterocycles. The van der Waals surface area contributed by atoms with Crippen LogP contribution in [0, 0.1) is 18.7 Å². The van der Waals surface area contributed by atoms with E-state index in [-0.39, 0.29) is 18.7 Å². The van der Waals surface area contributed by atoms with Gasteiger partial charge in [-0.2, -0.15) is 5.10 Å². The molecule has 0 radical (unpaired) electrons. The second-order valence-electron chi connectivity index (χ2n) is 8.44. The summed E-state index contributed by atoms with van der Waals surface area (Å²) in [6.45, 7) is 5.91. The fourth-order valence-electron chi connectivity index (χ4n) is 4.29. The van der Waals surface area contributed by atoms with Crippen molar-refractivity contribution in [2.45, 2.75) is 52.4 Å². The zero-order valence-electron chi connectivity index (χ0n) is 18.6. The molecule has 32 heavy (non-hydrogen) atoms. The van der Waals surface area contributed by atoms with Gasteiger partial charge in [0.05, 0.1) is 30.0 Å². The predicted octanol–water partition coefficient (Wildman–Crippen LogP) is 1.34. The number of hydrogen-bond acceptors (Lipinski definition) is 6. The molecule has 3 unspecified atom stereocenters. The highest BCUT2D eigenvalue weighted by Gasteiger charge is 2.44. The van der Waals surface area contributed by atoms with E-state index in [0.29, 0.717) is 18.7 Å². The van der Waals surface area contributed by atoms with Crippen LogP contribution < -0.4 is 16.0 Å². The Hall–Kier alpha value is -2.82. The normalized spacial score (nSPS) is 23.4. The molecule has 3 N–H and O–H groups in total. The third-order valence-corrected chi connectivity index (χ3v) is 5.94. The highest BCUT2D eigenvalue weighted by molar-refractivity contribution is 5.98. The summed E-state index contributed by atoms with van der Waals surface area (Å²) in [7, 11) is 1.97. The Bertz CT molecular complexity index is 994. The predicted molar refractivity (Wildman–Crippen MR) is 116 cm³/mol. The summed E-state index contributed by atoms with van der Waals surface area (Å²) in [6.07, 6.45) is 0.273. The second-order valence-corrected chi connectivity index (χ2v) is 8.44. The molecule has 9 nitrogen and oxygen atoms in total. The quantitative estimate of drug-likeness (QED) is 0.598. The summed E-state index contributed by atoms with van der Waals surface area (Å²) >= 11 is 0. The van der Waals surface area contributed by atoms with Crippen LogP contribution >= 0.6 is 0 Å². The molecule has 0 aliphatic carbocycles. The van der Waals surface area contributed by atoms with Crippen molar-refractivity contribution >= 4 is 11.9 Å². The van der Waals surface area contributed by atoms with Gasteiger partial charge in [-0.15, -0.1) is 0 Å². The first kappa shape index (κ1) is 22.4. The maximum absolute atomic E-state index is 14.0. The summed E-state index contributed by atoms with van der Waals surface area (Å²) in [5.74, 6) is -1.23. The van der Waals surface area contributed by atoms with E-state index in [0.717, 1.165) is 29.3 Å². The standard InChI is InChI=1S/C22H30FN7O2/c1-4-9-30-16(10-14(2)27-30)13-28(3)21-24-11-17-19(25-21)26-22(32)29(20(17)31)12-15-7-5-6-8-18(15)23/h5-8,10,17,19,21,24-25H,4,9,11-13H2,1-3H3,(H,26,32). The molecule has 3 heterocycles. The van der Waals surface area contributed by atoms with Gasteiger partial charge in [0, 0.05) is 25.2 Å². The SMILES string of the molecule is CCCn1nc(C)cc1CN(C)C1NCC2C(=O)N(Cc3ccccc3F)C(=O)NC2N1. The van der Waals surface area contributed by atoms with Crippen molar-refractivity contribution in [3.05, 3.63) is 53.1 Å². The molecule has 2 aromatic rings. The minimum Gasteiger partial charge on any atom is -0.321 e. The van der Waals surface area contributed by atoms with E-state index in [4.69, 9.17) is 0 Å². The number of benzene rings is 1. The number of aromatic nitrogens is 2. The van der Waals surface area contributed by atoms with Crippen molar-refractivity contribution in [2.24, 2.45) is 5.92 Å². The zero-order valence-corrected chi connectivity index (χ0v) is 18.6. The lowest BCUT2D eigenvalue weighted by Crippen LogP contribution is -2.74. The molecule has 172 valence electrons. The van der Waals surface area contributed by atoms with Gasteiger partial charge in [0.2, 0.25) is 5.91 Å². The molecule has 0 bridgehead atoms. The Morgan fingerprint density at radius 3 is 2.81 bits per heavy atom. The summed E-state index contributed by atoms with van der Waals surface area (Å²) in [4.78, 5) is 28.8. The molecule has 1 aromatic carbocycles. The average molecular weight is 444 g/mol. The zero-order chi connectivity index (χ0) is 22.8. The van der Waals surface area contributed by atoms with Gasteiger partial charge < -0.3 is 5.32 Å². The molecule has 10 heteroatoms. The summed E-state index contributed by atoms with van der Waals surface area (Å²) in [5.41, 5.74) is 2.40. The number of carbonyl (C=O) groups is 2. The van der Waals surface area contributed by atoms with Crippen LogP contribution in [-0.4, -0.2) is 57.6 Å². The van der Waals surface area contributed by atoms with Crippen molar-refractivity contribution in [1.29, 1.82) is 0 Å². The van der Waals surface area contributed by atoms with Crippen LogP contribution in [0.25, 0.3) is 0 Å². The molecular weight excluding hydrogens is 413 g/mol. The fourth-order valence-corrected chi connectivity index (χ4v) is 4.29. The number of nitrogens with one attached hydrogen (secondary N) is 3. The Labute approximate surface area is 186 Å². The van der Waals surface area contributed by atoms with Gasteiger partial charge >= 0.3 is 6.03 Å². The third-order valence-electron chi connectivity index (χ3n) is 5.94. The summed E-state index contributed by atoms with van der Waals surface area (Å²) in [6, 6.07) is 7.72. The Morgan fingerprint density at radius 1 is 1.28 bits per heavy atom. The first-order valence-corrected chi connectivity index (χ1v) is 11.0. The fraction of sp³-hybridized carbons (Fsp3) is 0.500. The van der Waals surface area contributed by atoms with Crippen molar-refractivity contribution in [3.8, 4) is 0 Å². The Balaban J connectivity index is 1.40. The van der Waals surface area contributed by atoms with Crippen molar-refractivity contribution < 1.29 is 14.0 Å². The maximum atomic E-state index is 14.0. The molecule has 2 saturated heterocycles. The number of rotatable bonds is 7. The van der Waals surface area contributed by atoms with Crippen molar-refractivity contribution in [3.63, 3.8) is 0 Å². The Morgan fingerprint density at radius 2 is 2.06 bits per heavy atom. The van der Waals surface area contributed by atoms with E-state index < -0.39 is 23.9 Å². The van der Waals surface area contributed by atoms with Crippen LogP contribution in [0.1, 0.15) is 30.3 Å². The van der Waals surface area contributed by atoms with Gasteiger partial charge in [-0.25, -0.2) is 9.18 Å². The summed E-state index contributed by atoms with van der Waals surface area (Å²) in [5, 5.41) is 14.1. The number of nitrogens with zero attached hydrogens (tertiary/aromatic N) is 4. The van der Waals surface area contributed by atoms with Gasteiger partial charge in [0.1, 0.15) is 12.1 Å². The van der Waals surface area contributed by atoms with Gasteiger partial charge in [0.25, 0.3) is 0 Å². The largest absolute Gasteiger partial charge is 0.325 e. The highest BCUT2D eigenvalue weighted by Crippen LogP contribution is 2.21. The molecule has 3 atom stereocenters. The molecule has 0 spiro atoms. The topological polar surface area (TPSA) is 94.5 Å². The average Bonchev–Trinajstić information content (AvgIpc) is 3.10. The third kappa shape index (κ3) is 4.52. The van der Waals surface area contributed by atoms with E-state index in [9.17, 15) is 14.0 Å². The second kappa shape index (κ2) is 9.35. The number of urea groups is 1. The van der Waals surface area contributed by atoms with Crippen LogP contribution in [0.2, 0.25) is 0 Å². The molecule has 2 fully saturated rings. The number of fused-ring (bicyclic) bond motifs is 1. The molecule has 2 aliphatic heterocycles. The van der Waals surface area contributed by atoms with Gasteiger partial charge in [-0.1, -0.05) is 25.1 Å². The lowest BCUT2D eigenvalue weighted by Gasteiger charge is -2.45. The van der Waals surface area contributed by atoms with Crippen molar-refractivity contribution in [1.82, 2.24) is 35.5 Å². The molecule has 2 aliphatic rings. The molecule has 0 saturated carbocycles. The summed E-state index contributed by atoms with van der Waals surface area (Å²) < 4.78 is 16.0. The van der Waals surface area contributed by atoms with Crippen LogP contribution in [-0.2, 0) is 24.4 Å². The smallest absolute Gasteiger partial charge is 0.321 e. The Kier molecular flexibility index (Phi) is 6.54. The number of halogens is 1. The van der Waals surface area contributed by atoms with E-state index in [1.54, 1.807) is 18.2 Å². The minimum absolute atomic E-state index is 0.0926. The van der Waals surface area contributed by atoms with Crippen molar-refractivity contribution in [2.75, 3.05) is 13.6 Å². The molecule has 3 amide bonds. The molecular formula is C22H30FN7O2. The number of hydrogen-bond donors (Lipinski definition) is 3. The number of aryl methyl sites for hydroxylation is 2. The van der Waals surface area contributed by atoms with E-state index in [1.807, 2.05) is 18.7 Å². The first-order valence-electron chi connectivity index (χ1n) is 11.0. The van der Waals surface area contributed by atoms with E-state index >= 15 is 0 Å². The van der Waals surface area contributed by atoms with E-state index in [2.05, 4.69) is 38.9 Å². The van der Waals surface area contributed by atoms with Gasteiger partial charge in [-0.05, 0) is 32.5 Å². The first-order chi connectivity index (χ1) is 15.4. The van der Waals surface area contributed by atoms with Gasteiger partial charge in [-0.3, -0.25) is 29.9 Å². The number of imide groups is 1. The highest BCUT2D eigenvalue weighted by atomic mass is 19.1. The lowest BCUT2D eigenvalue weighted by atomic mass is 9.99. The van der Waals surface area contributed by atoms with Crippen LogP contribution in [0.5, 0.6) is 0 Å². The monoisotopic (exact) mass is 443 g/mol. The molecule has 4 rings (SSSR count). The lowest BCUT2D eigenvalue weighted by molar-refractivity contribution is -0.138. The van der Waals surface area contributed by atoms with Gasteiger partial charge in [0.15, 0.2) is 0 Å². The number of carbonyl (C=O) groups excluding carboxylic acids is 2. The van der Waals surface area contributed by atoms with Crippen LogP contribution in [0.4, 0.5) is 9.18 Å². The maximum Gasteiger partial charge on any atom is 0.325 e. The van der Waals surface area contributed by atoms with Crippen LogP contribution in [0.15, 0.2) is 30.3 Å².